The van der Waals surface area contributed by atoms with Crippen LogP contribution in [0, 0.1) is 5.92 Å². The summed E-state index contributed by atoms with van der Waals surface area (Å²) in [5.74, 6) is 2.20. The molecule has 1 amide bonds. The van der Waals surface area contributed by atoms with Gasteiger partial charge >= 0.3 is 0 Å². The molecule has 0 saturated carbocycles. The van der Waals surface area contributed by atoms with E-state index in [0.29, 0.717) is 28.8 Å². The second-order valence-corrected chi connectivity index (χ2v) is 6.43. The first-order valence-electron chi connectivity index (χ1n) is 8.72. The number of aromatic nitrogens is 2. The fourth-order valence-electron chi connectivity index (χ4n) is 2.92. The maximum atomic E-state index is 12.6. The molecule has 7 heteroatoms. The first kappa shape index (κ1) is 18.0. The summed E-state index contributed by atoms with van der Waals surface area (Å²) < 4.78 is 10.5. The maximum absolute atomic E-state index is 12.6. The van der Waals surface area contributed by atoms with Gasteiger partial charge in [-0.05, 0) is 37.0 Å². The molecule has 1 fully saturated rings. The van der Waals surface area contributed by atoms with Crippen LogP contribution in [0.2, 0.25) is 0 Å². The molecule has 1 N–H and O–H groups in total. The Morgan fingerprint density at radius 1 is 1.19 bits per heavy atom. The molecule has 0 atom stereocenters. The van der Waals surface area contributed by atoms with Gasteiger partial charge in [0.15, 0.2) is 0 Å². The summed E-state index contributed by atoms with van der Waals surface area (Å²) in [5, 5.41) is 2.84. The molecule has 2 heterocycles. The number of anilines is 2. The molecule has 138 valence electrons. The number of hydrogen-bond donors (Lipinski definition) is 1. The van der Waals surface area contributed by atoms with Crippen molar-refractivity contribution in [2.45, 2.75) is 19.8 Å². The smallest absolute Gasteiger partial charge is 0.274 e. The Morgan fingerprint density at radius 2 is 1.96 bits per heavy atom. The highest BCUT2D eigenvalue weighted by atomic mass is 16.5. The largest absolute Gasteiger partial charge is 0.497 e. The third-order valence-corrected chi connectivity index (χ3v) is 4.60. The van der Waals surface area contributed by atoms with Crippen LogP contribution in [0.5, 0.6) is 11.5 Å². The van der Waals surface area contributed by atoms with Crippen LogP contribution in [0.4, 0.5) is 11.6 Å². The van der Waals surface area contributed by atoms with Crippen molar-refractivity contribution in [1.82, 2.24) is 9.97 Å². The van der Waals surface area contributed by atoms with E-state index in [0.717, 1.165) is 31.8 Å². The Bertz CT molecular complexity index is 773. The molecular weight excluding hydrogens is 332 g/mol. The average molecular weight is 356 g/mol. The van der Waals surface area contributed by atoms with Gasteiger partial charge in [0.05, 0.1) is 19.9 Å². The molecule has 26 heavy (non-hydrogen) atoms. The quantitative estimate of drug-likeness (QED) is 0.887. The van der Waals surface area contributed by atoms with E-state index in [1.807, 2.05) is 0 Å². The molecular formula is C19H24N4O3. The maximum Gasteiger partial charge on any atom is 0.274 e. The first-order valence-corrected chi connectivity index (χ1v) is 8.72. The minimum atomic E-state index is -0.303. The molecule has 1 aliphatic heterocycles. The number of hydrogen-bond acceptors (Lipinski definition) is 6. The number of nitrogens with one attached hydrogen (secondary N) is 1. The summed E-state index contributed by atoms with van der Waals surface area (Å²) in [5.41, 5.74) is 0.886. The van der Waals surface area contributed by atoms with Gasteiger partial charge in [-0.3, -0.25) is 4.79 Å². The van der Waals surface area contributed by atoms with Gasteiger partial charge in [-0.1, -0.05) is 6.92 Å². The van der Waals surface area contributed by atoms with Gasteiger partial charge < -0.3 is 19.7 Å². The number of nitrogens with zero attached hydrogens (tertiary/aromatic N) is 3. The molecule has 0 radical (unpaired) electrons. The van der Waals surface area contributed by atoms with Gasteiger partial charge in [0.2, 0.25) is 5.95 Å². The number of benzene rings is 1. The van der Waals surface area contributed by atoms with E-state index < -0.39 is 0 Å². The molecule has 0 unspecified atom stereocenters. The van der Waals surface area contributed by atoms with E-state index in [-0.39, 0.29) is 5.91 Å². The van der Waals surface area contributed by atoms with Crippen LogP contribution < -0.4 is 19.7 Å². The zero-order chi connectivity index (χ0) is 18.5. The number of methoxy groups -OCH3 is 2. The lowest BCUT2D eigenvalue weighted by Gasteiger charge is -2.30. The second kappa shape index (κ2) is 8.03. The second-order valence-electron chi connectivity index (χ2n) is 6.43. The summed E-state index contributed by atoms with van der Waals surface area (Å²) in [7, 11) is 3.13. The van der Waals surface area contributed by atoms with E-state index >= 15 is 0 Å². The number of carbonyl (C=O) groups is 1. The Hall–Kier alpha value is -2.83. The predicted molar refractivity (Wildman–Crippen MR) is 100 cm³/mol. The van der Waals surface area contributed by atoms with Crippen LogP contribution in [0.3, 0.4) is 0 Å². The zero-order valence-electron chi connectivity index (χ0n) is 15.4. The highest BCUT2D eigenvalue weighted by Crippen LogP contribution is 2.29. The zero-order valence-corrected chi connectivity index (χ0v) is 15.4. The van der Waals surface area contributed by atoms with Gasteiger partial charge in [-0.15, -0.1) is 0 Å². The van der Waals surface area contributed by atoms with Crippen LogP contribution in [-0.4, -0.2) is 43.2 Å². The molecule has 1 aromatic heterocycles. The van der Waals surface area contributed by atoms with Crippen LogP contribution in [0.1, 0.15) is 30.3 Å². The third kappa shape index (κ3) is 4.04. The number of amides is 1. The van der Waals surface area contributed by atoms with Crippen molar-refractivity contribution < 1.29 is 14.3 Å². The average Bonchev–Trinajstić information content (AvgIpc) is 2.69. The fourth-order valence-corrected chi connectivity index (χ4v) is 2.92. The fraction of sp³-hybridized carbons (Fsp3) is 0.421. The lowest BCUT2D eigenvalue weighted by atomic mass is 10.00. The van der Waals surface area contributed by atoms with Crippen molar-refractivity contribution in [1.29, 1.82) is 0 Å². The molecule has 0 aliphatic carbocycles. The van der Waals surface area contributed by atoms with Crippen molar-refractivity contribution in [3.63, 3.8) is 0 Å². The van der Waals surface area contributed by atoms with Gasteiger partial charge in [-0.2, -0.15) is 0 Å². The standard InChI is InChI=1S/C19H24N4O3/c1-13-7-10-23(11-8-13)19-20-9-6-16(22-19)18(24)21-15-5-4-14(25-2)12-17(15)26-3/h4-6,9,12-13H,7-8,10-11H2,1-3H3,(H,21,24). The molecule has 0 bridgehead atoms. The van der Waals surface area contributed by atoms with E-state index in [4.69, 9.17) is 9.47 Å². The van der Waals surface area contributed by atoms with Crippen LogP contribution >= 0.6 is 0 Å². The molecule has 1 aliphatic rings. The summed E-state index contributed by atoms with van der Waals surface area (Å²) >= 11 is 0. The summed E-state index contributed by atoms with van der Waals surface area (Å²) in [6.07, 6.45) is 3.85. The molecule has 7 nitrogen and oxygen atoms in total. The van der Waals surface area contributed by atoms with Crippen LogP contribution in [0.15, 0.2) is 30.5 Å². The minimum absolute atomic E-state index is 0.303. The number of rotatable bonds is 5. The molecule has 0 spiro atoms. The highest BCUT2D eigenvalue weighted by molar-refractivity contribution is 6.03. The lowest BCUT2D eigenvalue weighted by Crippen LogP contribution is -2.34. The molecule has 1 saturated heterocycles. The Morgan fingerprint density at radius 3 is 2.65 bits per heavy atom. The van der Waals surface area contributed by atoms with Crippen LogP contribution in [0.25, 0.3) is 0 Å². The Kier molecular flexibility index (Phi) is 5.55. The summed E-state index contributed by atoms with van der Waals surface area (Å²) in [4.78, 5) is 23.5. The van der Waals surface area contributed by atoms with E-state index in [2.05, 4.69) is 27.1 Å². The monoisotopic (exact) mass is 356 g/mol. The van der Waals surface area contributed by atoms with Crippen molar-refractivity contribution in [3.8, 4) is 11.5 Å². The Labute approximate surface area is 153 Å². The van der Waals surface area contributed by atoms with E-state index in [1.165, 1.54) is 0 Å². The van der Waals surface area contributed by atoms with Crippen LogP contribution in [-0.2, 0) is 0 Å². The number of carbonyl (C=O) groups excluding carboxylic acids is 1. The molecule has 2 aromatic rings. The molecule has 1 aromatic carbocycles. The summed E-state index contributed by atoms with van der Waals surface area (Å²) in [6.45, 7) is 4.08. The Balaban J connectivity index is 1.75. The van der Waals surface area contributed by atoms with Crippen molar-refractivity contribution in [2.75, 3.05) is 37.5 Å². The van der Waals surface area contributed by atoms with Crippen molar-refractivity contribution in [3.05, 3.63) is 36.2 Å². The summed E-state index contributed by atoms with van der Waals surface area (Å²) in [6, 6.07) is 6.83. The number of ether oxygens (including phenoxy) is 2. The van der Waals surface area contributed by atoms with Crippen molar-refractivity contribution in [2.24, 2.45) is 5.92 Å². The third-order valence-electron chi connectivity index (χ3n) is 4.60. The lowest BCUT2D eigenvalue weighted by molar-refractivity contribution is 0.102. The van der Waals surface area contributed by atoms with E-state index in [9.17, 15) is 4.79 Å². The molecule has 3 rings (SSSR count). The number of piperidine rings is 1. The van der Waals surface area contributed by atoms with Crippen molar-refractivity contribution >= 4 is 17.5 Å². The van der Waals surface area contributed by atoms with Gasteiger partial charge in [-0.25, -0.2) is 9.97 Å². The first-order chi connectivity index (χ1) is 12.6. The highest BCUT2D eigenvalue weighted by Gasteiger charge is 2.19. The minimum Gasteiger partial charge on any atom is -0.497 e. The predicted octanol–water partition coefficient (Wildman–Crippen LogP) is 2.98. The van der Waals surface area contributed by atoms with E-state index in [1.54, 1.807) is 44.7 Å². The van der Waals surface area contributed by atoms with Gasteiger partial charge in [0, 0.05) is 25.4 Å². The van der Waals surface area contributed by atoms with Gasteiger partial charge in [0.1, 0.15) is 17.2 Å². The van der Waals surface area contributed by atoms with Gasteiger partial charge in [0.25, 0.3) is 5.91 Å². The topological polar surface area (TPSA) is 76.6 Å². The normalized spacial score (nSPS) is 14.8. The SMILES string of the molecule is COc1ccc(NC(=O)c2ccnc(N3CCC(C)CC3)n2)c(OC)c1.